The third kappa shape index (κ3) is 4.49. The number of aryl methyl sites for hydroxylation is 1. The second-order valence-electron chi connectivity index (χ2n) is 7.63. The molecule has 1 amide bonds. The normalized spacial score (nSPS) is 16.5. The Kier molecular flexibility index (Phi) is 5.62. The number of hydrazone groups is 1. The number of amidine groups is 2. The van der Waals surface area contributed by atoms with E-state index in [1.165, 1.54) is 16.8 Å². The van der Waals surface area contributed by atoms with Gasteiger partial charge < -0.3 is 4.74 Å². The molecule has 162 valence electrons. The molecule has 0 atom stereocenters. The van der Waals surface area contributed by atoms with Crippen LogP contribution >= 0.6 is 11.8 Å². The van der Waals surface area contributed by atoms with Crippen LogP contribution in [0.1, 0.15) is 22.3 Å². The van der Waals surface area contributed by atoms with Gasteiger partial charge in [0.05, 0.1) is 5.57 Å². The maximum absolute atomic E-state index is 12.7. The molecule has 0 unspecified atom stereocenters. The summed E-state index contributed by atoms with van der Waals surface area (Å²) in [5, 5.41) is 15.6. The monoisotopic (exact) mass is 452 g/mol. The topological polar surface area (TPSA) is 78.1 Å². The van der Waals surface area contributed by atoms with Gasteiger partial charge in [0, 0.05) is 5.56 Å². The van der Waals surface area contributed by atoms with Crippen molar-refractivity contribution in [2.75, 3.05) is 0 Å². The lowest BCUT2D eigenvalue weighted by Gasteiger charge is -2.20. The number of aliphatic imine (C=N–C) groups is 1. The van der Waals surface area contributed by atoms with Crippen molar-refractivity contribution >= 4 is 39.8 Å². The van der Waals surface area contributed by atoms with Gasteiger partial charge in [0.1, 0.15) is 17.4 Å². The molecule has 1 N–H and O–H groups in total. The number of rotatable bonds is 5. The Labute approximate surface area is 195 Å². The summed E-state index contributed by atoms with van der Waals surface area (Å²) in [4.78, 5) is 16.8. The SMILES string of the molecule is Cc1ccc(C2=NN3C(=N)/C(=C\c4ccc(OCc5ccccc5)cc4)C(=O)N=C3S2)cc1. The highest BCUT2D eigenvalue weighted by Crippen LogP contribution is 2.31. The molecular weight excluding hydrogens is 432 g/mol. The van der Waals surface area contributed by atoms with Crippen molar-refractivity contribution in [2.45, 2.75) is 13.5 Å². The Bertz CT molecular complexity index is 1310. The quantitative estimate of drug-likeness (QED) is 0.537. The second kappa shape index (κ2) is 8.88. The van der Waals surface area contributed by atoms with E-state index in [1.54, 1.807) is 6.08 Å². The third-order valence-electron chi connectivity index (χ3n) is 5.19. The summed E-state index contributed by atoms with van der Waals surface area (Å²) in [7, 11) is 0. The van der Waals surface area contributed by atoms with Crippen LogP contribution in [0, 0.1) is 12.3 Å². The molecule has 7 heteroatoms. The molecule has 0 bridgehead atoms. The zero-order valence-corrected chi connectivity index (χ0v) is 18.7. The van der Waals surface area contributed by atoms with Crippen LogP contribution in [0.25, 0.3) is 6.08 Å². The van der Waals surface area contributed by atoms with E-state index < -0.39 is 5.91 Å². The fraction of sp³-hybridized carbons (Fsp3) is 0.0769. The molecule has 0 spiro atoms. The van der Waals surface area contributed by atoms with E-state index in [2.05, 4.69) is 10.1 Å². The molecular formula is C26H20N4O2S. The summed E-state index contributed by atoms with van der Waals surface area (Å²) in [5.41, 5.74) is 4.16. The van der Waals surface area contributed by atoms with Gasteiger partial charge in [-0.1, -0.05) is 72.3 Å². The number of hydrogen-bond donors (Lipinski definition) is 1. The number of nitrogens with one attached hydrogen (secondary N) is 1. The number of amides is 1. The summed E-state index contributed by atoms with van der Waals surface area (Å²) in [6.45, 7) is 2.50. The van der Waals surface area contributed by atoms with Crippen molar-refractivity contribution in [1.29, 1.82) is 5.41 Å². The van der Waals surface area contributed by atoms with Crippen LogP contribution in [0.15, 0.2) is 94.5 Å². The minimum atomic E-state index is -0.441. The summed E-state index contributed by atoms with van der Waals surface area (Å²) in [5.74, 6) is 0.308. The van der Waals surface area contributed by atoms with Gasteiger partial charge in [-0.2, -0.15) is 15.1 Å². The first-order valence-electron chi connectivity index (χ1n) is 10.4. The Balaban J connectivity index is 1.32. The van der Waals surface area contributed by atoms with Crippen molar-refractivity contribution in [3.63, 3.8) is 0 Å². The number of hydrogen-bond acceptors (Lipinski definition) is 5. The maximum atomic E-state index is 12.7. The molecule has 3 aromatic carbocycles. The van der Waals surface area contributed by atoms with Gasteiger partial charge in [-0.3, -0.25) is 10.2 Å². The average molecular weight is 453 g/mol. The molecule has 2 aliphatic heterocycles. The van der Waals surface area contributed by atoms with Crippen LogP contribution in [-0.2, 0) is 11.4 Å². The van der Waals surface area contributed by atoms with E-state index in [4.69, 9.17) is 10.1 Å². The van der Waals surface area contributed by atoms with E-state index in [9.17, 15) is 4.79 Å². The van der Waals surface area contributed by atoms with E-state index >= 15 is 0 Å². The van der Waals surface area contributed by atoms with Crippen LogP contribution in [-0.4, -0.2) is 27.0 Å². The van der Waals surface area contributed by atoms with Gasteiger partial charge >= 0.3 is 0 Å². The summed E-state index contributed by atoms with van der Waals surface area (Å²) < 4.78 is 5.82. The van der Waals surface area contributed by atoms with Crippen LogP contribution in [0.3, 0.4) is 0 Å². The van der Waals surface area contributed by atoms with Crippen molar-refractivity contribution < 1.29 is 9.53 Å². The number of benzene rings is 3. The molecule has 0 aliphatic carbocycles. The maximum Gasteiger partial charge on any atom is 0.283 e. The van der Waals surface area contributed by atoms with Crippen LogP contribution in [0.4, 0.5) is 0 Å². The fourth-order valence-electron chi connectivity index (χ4n) is 3.37. The first-order valence-corrected chi connectivity index (χ1v) is 11.2. The van der Waals surface area contributed by atoms with Crippen molar-refractivity contribution in [2.24, 2.45) is 10.1 Å². The largest absolute Gasteiger partial charge is 0.489 e. The third-order valence-corrected chi connectivity index (χ3v) is 6.15. The van der Waals surface area contributed by atoms with Crippen LogP contribution < -0.4 is 4.74 Å². The molecule has 0 saturated carbocycles. The number of carbonyl (C=O) groups excluding carboxylic acids is 1. The molecule has 0 fully saturated rings. The standard InChI is InChI=1S/C26H20N4O2S/c1-17-7-11-20(12-8-17)25-29-30-23(27)22(24(31)28-26(30)33-25)15-18-9-13-21(14-10-18)32-16-19-5-3-2-4-6-19/h2-15,27H,16H2,1H3/b22-15+,27-23?. The van der Waals surface area contributed by atoms with Crippen molar-refractivity contribution in [3.05, 3.63) is 107 Å². The smallest absolute Gasteiger partial charge is 0.283 e. The average Bonchev–Trinajstić information content (AvgIpc) is 3.26. The highest BCUT2D eigenvalue weighted by molar-refractivity contribution is 8.27. The number of ether oxygens (including phenoxy) is 1. The number of nitrogens with zero attached hydrogens (tertiary/aromatic N) is 3. The van der Waals surface area contributed by atoms with Gasteiger partial charge in [0.2, 0.25) is 5.17 Å². The van der Waals surface area contributed by atoms with Gasteiger partial charge in [-0.25, -0.2) is 0 Å². The molecule has 6 nitrogen and oxygen atoms in total. The van der Waals surface area contributed by atoms with Crippen molar-refractivity contribution in [1.82, 2.24) is 5.01 Å². The van der Waals surface area contributed by atoms with E-state index in [-0.39, 0.29) is 11.4 Å². The predicted octanol–water partition coefficient (Wildman–Crippen LogP) is 5.24. The highest BCUT2D eigenvalue weighted by atomic mass is 32.2. The van der Waals surface area contributed by atoms with Gasteiger partial charge in [0.15, 0.2) is 5.84 Å². The zero-order valence-electron chi connectivity index (χ0n) is 17.9. The van der Waals surface area contributed by atoms with Crippen molar-refractivity contribution in [3.8, 4) is 5.75 Å². The van der Waals surface area contributed by atoms with Gasteiger partial charge in [-0.05, 0) is 48.0 Å². The molecule has 2 aliphatic rings. The van der Waals surface area contributed by atoms with E-state index in [0.29, 0.717) is 16.8 Å². The first kappa shape index (κ1) is 20.9. The Morgan fingerprint density at radius 1 is 1.00 bits per heavy atom. The molecule has 33 heavy (non-hydrogen) atoms. The molecule has 0 saturated heterocycles. The molecule has 5 rings (SSSR count). The Morgan fingerprint density at radius 2 is 1.73 bits per heavy atom. The number of fused-ring (bicyclic) bond motifs is 1. The Morgan fingerprint density at radius 3 is 2.45 bits per heavy atom. The molecule has 2 heterocycles. The lowest BCUT2D eigenvalue weighted by molar-refractivity contribution is -0.114. The molecule has 0 aromatic heterocycles. The summed E-state index contributed by atoms with van der Waals surface area (Å²) >= 11 is 1.30. The van der Waals surface area contributed by atoms with Gasteiger partial charge in [0.25, 0.3) is 5.91 Å². The number of carbonyl (C=O) groups is 1. The summed E-state index contributed by atoms with van der Waals surface area (Å²) in [6, 6.07) is 25.3. The predicted molar refractivity (Wildman–Crippen MR) is 133 cm³/mol. The minimum Gasteiger partial charge on any atom is -0.489 e. The second-order valence-corrected chi connectivity index (χ2v) is 8.59. The molecule has 0 radical (unpaired) electrons. The lowest BCUT2D eigenvalue weighted by atomic mass is 10.1. The van der Waals surface area contributed by atoms with Gasteiger partial charge in [-0.15, -0.1) is 0 Å². The Hall–Kier alpha value is -3.97. The lowest BCUT2D eigenvalue weighted by Crippen LogP contribution is -2.35. The van der Waals surface area contributed by atoms with E-state index in [1.807, 2.05) is 85.8 Å². The zero-order chi connectivity index (χ0) is 22.8. The molecule has 3 aromatic rings. The van der Waals surface area contributed by atoms with Crippen LogP contribution in [0.5, 0.6) is 5.75 Å². The highest BCUT2D eigenvalue weighted by Gasteiger charge is 2.35. The van der Waals surface area contributed by atoms with E-state index in [0.717, 1.165) is 28.0 Å². The van der Waals surface area contributed by atoms with Crippen LogP contribution in [0.2, 0.25) is 0 Å². The minimum absolute atomic E-state index is 0.0176. The fourth-order valence-corrected chi connectivity index (χ4v) is 4.27. The first-order chi connectivity index (χ1) is 16.1. The summed E-state index contributed by atoms with van der Waals surface area (Å²) in [6.07, 6.45) is 1.66. The number of thioether (sulfide) groups is 1.